The van der Waals surface area contributed by atoms with Crippen LogP contribution in [-0.4, -0.2) is 29.9 Å². The zero-order valence-electron chi connectivity index (χ0n) is 16.1. The molecule has 29 heavy (non-hydrogen) atoms. The van der Waals surface area contributed by atoms with Gasteiger partial charge in [0.15, 0.2) is 0 Å². The van der Waals surface area contributed by atoms with Gasteiger partial charge < -0.3 is 15.0 Å². The highest BCUT2D eigenvalue weighted by molar-refractivity contribution is 6.10. The Bertz CT molecular complexity index is 1060. The van der Waals surface area contributed by atoms with Crippen LogP contribution in [-0.2, 0) is 6.42 Å². The Morgan fingerprint density at radius 3 is 2.69 bits per heavy atom. The minimum absolute atomic E-state index is 0.160. The Kier molecular flexibility index (Phi) is 5.24. The molecule has 6 heteroatoms. The molecular weight excluding hydrogens is 366 g/mol. The third kappa shape index (κ3) is 3.82. The molecule has 0 atom stereocenters. The van der Waals surface area contributed by atoms with E-state index in [2.05, 4.69) is 10.3 Å². The lowest BCUT2D eigenvalue weighted by atomic mass is 10.1. The van der Waals surface area contributed by atoms with Crippen LogP contribution in [0, 0.1) is 0 Å². The quantitative estimate of drug-likeness (QED) is 0.720. The summed E-state index contributed by atoms with van der Waals surface area (Å²) in [5, 5.41) is 2.83. The molecule has 0 aliphatic carbocycles. The minimum Gasteiger partial charge on any atom is -0.492 e. The number of pyridine rings is 1. The molecule has 0 saturated carbocycles. The van der Waals surface area contributed by atoms with Gasteiger partial charge in [0.05, 0.1) is 23.4 Å². The number of carbonyl (C=O) groups is 2. The van der Waals surface area contributed by atoms with Gasteiger partial charge in [0.25, 0.3) is 11.8 Å². The average molecular weight is 387 g/mol. The number of nitrogens with zero attached hydrogens (tertiary/aromatic N) is 2. The van der Waals surface area contributed by atoms with E-state index >= 15 is 0 Å². The van der Waals surface area contributed by atoms with Gasteiger partial charge in [-0.1, -0.05) is 30.3 Å². The number of hydrogen-bond acceptors (Lipinski definition) is 4. The molecule has 2 heterocycles. The monoisotopic (exact) mass is 387 g/mol. The summed E-state index contributed by atoms with van der Waals surface area (Å²) in [6, 6.07) is 16.7. The number of anilines is 2. The second-order valence-electron chi connectivity index (χ2n) is 6.68. The SMILES string of the molecule is CCOc1ccccc1NC(=O)c1cncc(C(=O)N2CCc3ccccc32)c1. The summed E-state index contributed by atoms with van der Waals surface area (Å²) in [4.78, 5) is 31.6. The van der Waals surface area contributed by atoms with Crippen LogP contribution in [0.2, 0.25) is 0 Å². The Labute approximate surface area is 169 Å². The van der Waals surface area contributed by atoms with Crippen molar-refractivity contribution in [3.63, 3.8) is 0 Å². The molecule has 146 valence electrons. The molecule has 1 aromatic heterocycles. The number of aromatic nitrogens is 1. The van der Waals surface area contributed by atoms with Crippen molar-refractivity contribution in [1.82, 2.24) is 4.98 Å². The first-order chi connectivity index (χ1) is 14.2. The van der Waals surface area contributed by atoms with Crippen molar-refractivity contribution in [3.05, 3.63) is 83.7 Å². The van der Waals surface area contributed by atoms with Gasteiger partial charge in [-0.2, -0.15) is 0 Å². The fourth-order valence-electron chi connectivity index (χ4n) is 3.43. The van der Waals surface area contributed by atoms with Crippen molar-refractivity contribution in [3.8, 4) is 5.75 Å². The fourth-order valence-corrected chi connectivity index (χ4v) is 3.43. The summed E-state index contributed by atoms with van der Waals surface area (Å²) < 4.78 is 5.55. The number of fused-ring (bicyclic) bond motifs is 1. The van der Waals surface area contributed by atoms with E-state index < -0.39 is 0 Å². The van der Waals surface area contributed by atoms with Gasteiger partial charge in [-0.05, 0) is 43.2 Å². The Hall–Kier alpha value is -3.67. The van der Waals surface area contributed by atoms with Gasteiger partial charge in [-0.3, -0.25) is 14.6 Å². The topological polar surface area (TPSA) is 71.5 Å². The maximum absolute atomic E-state index is 13.0. The molecule has 1 aliphatic heterocycles. The lowest BCUT2D eigenvalue weighted by Gasteiger charge is -2.17. The smallest absolute Gasteiger partial charge is 0.259 e. The zero-order chi connectivity index (χ0) is 20.2. The summed E-state index contributed by atoms with van der Waals surface area (Å²) >= 11 is 0. The number of ether oxygens (including phenoxy) is 1. The first-order valence-electron chi connectivity index (χ1n) is 9.55. The third-order valence-corrected chi connectivity index (χ3v) is 4.81. The van der Waals surface area contributed by atoms with Crippen molar-refractivity contribution in [2.45, 2.75) is 13.3 Å². The number of rotatable bonds is 5. The number of hydrogen-bond donors (Lipinski definition) is 1. The lowest BCUT2D eigenvalue weighted by Crippen LogP contribution is -2.29. The highest BCUT2D eigenvalue weighted by atomic mass is 16.5. The molecule has 0 radical (unpaired) electrons. The number of benzene rings is 2. The first kappa shape index (κ1) is 18.7. The van der Waals surface area contributed by atoms with Gasteiger partial charge in [0.2, 0.25) is 0 Å². The van der Waals surface area contributed by atoms with Crippen LogP contribution in [0.4, 0.5) is 11.4 Å². The highest BCUT2D eigenvalue weighted by Gasteiger charge is 2.25. The molecule has 6 nitrogen and oxygen atoms in total. The molecule has 1 aliphatic rings. The van der Waals surface area contributed by atoms with Gasteiger partial charge in [-0.15, -0.1) is 0 Å². The third-order valence-electron chi connectivity index (χ3n) is 4.81. The van der Waals surface area contributed by atoms with Crippen molar-refractivity contribution in [2.75, 3.05) is 23.4 Å². The highest BCUT2D eigenvalue weighted by Crippen LogP contribution is 2.29. The number of para-hydroxylation sites is 3. The Morgan fingerprint density at radius 2 is 1.83 bits per heavy atom. The van der Waals surface area contributed by atoms with Crippen molar-refractivity contribution < 1.29 is 14.3 Å². The first-order valence-corrected chi connectivity index (χ1v) is 9.55. The van der Waals surface area contributed by atoms with E-state index in [9.17, 15) is 9.59 Å². The second-order valence-corrected chi connectivity index (χ2v) is 6.68. The summed E-state index contributed by atoms with van der Waals surface area (Å²) in [6.07, 6.45) is 3.77. The van der Waals surface area contributed by atoms with Crippen LogP contribution in [0.1, 0.15) is 33.2 Å². The van der Waals surface area contributed by atoms with E-state index in [1.165, 1.54) is 12.4 Å². The summed E-state index contributed by atoms with van der Waals surface area (Å²) in [7, 11) is 0. The van der Waals surface area contributed by atoms with Crippen molar-refractivity contribution in [1.29, 1.82) is 0 Å². The normalized spacial score (nSPS) is 12.4. The van der Waals surface area contributed by atoms with E-state index in [0.29, 0.717) is 35.7 Å². The number of amides is 2. The number of nitrogens with one attached hydrogen (secondary N) is 1. The molecule has 2 amide bonds. The zero-order valence-corrected chi connectivity index (χ0v) is 16.1. The minimum atomic E-state index is -0.346. The van der Waals surface area contributed by atoms with Crippen LogP contribution < -0.4 is 15.0 Å². The summed E-state index contributed by atoms with van der Waals surface area (Å²) in [6.45, 7) is 3.00. The maximum Gasteiger partial charge on any atom is 0.259 e. The molecule has 0 spiro atoms. The molecule has 0 saturated heterocycles. The predicted molar refractivity (Wildman–Crippen MR) is 112 cm³/mol. The van der Waals surface area contributed by atoms with Gasteiger partial charge in [0.1, 0.15) is 5.75 Å². The summed E-state index contributed by atoms with van der Waals surface area (Å²) in [5.41, 5.74) is 3.33. The van der Waals surface area contributed by atoms with Gasteiger partial charge >= 0.3 is 0 Å². The van der Waals surface area contributed by atoms with E-state index in [-0.39, 0.29) is 11.8 Å². The van der Waals surface area contributed by atoms with Crippen LogP contribution >= 0.6 is 0 Å². The maximum atomic E-state index is 13.0. The Balaban J connectivity index is 1.55. The molecule has 1 N–H and O–H groups in total. The molecule has 2 aromatic carbocycles. The fraction of sp³-hybridized carbons (Fsp3) is 0.174. The standard InChI is InChI=1S/C23H21N3O3/c1-2-29-21-10-6-4-8-19(21)25-22(27)17-13-18(15-24-14-17)23(28)26-12-11-16-7-3-5-9-20(16)26/h3-10,13-15H,2,11-12H2,1H3,(H,25,27). The summed E-state index contributed by atoms with van der Waals surface area (Å²) in [5.74, 6) is 0.0881. The van der Waals surface area contributed by atoms with Crippen molar-refractivity contribution in [2.24, 2.45) is 0 Å². The molecule has 4 rings (SSSR count). The molecule has 0 fully saturated rings. The van der Waals surface area contributed by atoms with Crippen molar-refractivity contribution >= 4 is 23.2 Å². The van der Waals surface area contributed by atoms with Gasteiger partial charge in [0, 0.05) is 24.6 Å². The largest absolute Gasteiger partial charge is 0.492 e. The lowest BCUT2D eigenvalue weighted by molar-refractivity contribution is 0.0989. The molecule has 0 unspecified atom stereocenters. The average Bonchev–Trinajstić information content (AvgIpc) is 3.19. The number of carbonyl (C=O) groups excluding carboxylic acids is 2. The molecule has 3 aromatic rings. The van der Waals surface area contributed by atoms with E-state index in [4.69, 9.17) is 4.74 Å². The van der Waals surface area contributed by atoms with E-state index in [0.717, 1.165) is 17.7 Å². The van der Waals surface area contributed by atoms with E-state index in [1.807, 2.05) is 43.3 Å². The van der Waals surface area contributed by atoms with Crippen LogP contribution in [0.5, 0.6) is 5.75 Å². The van der Waals surface area contributed by atoms with Crippen LogP contribution in [0.15, 0.2) is 67.0 Å². The Morgan fingerprint density at radius 1 is 1.07 bits per heavy atom. The van der Waals surface area contributed by atoms with E-state index in [1.54, 1.807) is 23.1 Å². The second kappa shape index (κ2) is 8.14. The predicted octanol–water partition coefficient (Wildman–Crippen LogP) is 3.94. The molecular formula is C23H21N3O3. The van der Waals surface area contributed by atoms with Crippen LogP contribution in [0.25, 0.3) is 0 Å². The van der Waals surface area contributed by atoms with Crippen LogP contribution in [0.3, 0.4) is 0 Å². The molecule has 0 bridgehead atoms. The van der Waals surface area contributed by atoms with Gasteiger partial charge in [-0.25, -0.2) is 0 Å².